The molecule has 1 saturated heterocycles. The Labute approximate surface area is 113 Å². The van der Waals surface area contributed by atoms with Gasteiger partial charge < -0.3 is 5.73 Å². The molecule has 2 aliphatic rings. The van der Waals surface area contributed by atoms with Crippen LogP contribution in [0.5, 0.6) is 0 Å². The third-order valence-corrected chi connectivity index (χ3v) is 5.60. The second kappa shape index (κ2) is 5.92. The lowest BCUT2D eigenvalue weighted by Crippen LogP contribution is -2.58. The Hall–Kier alpha value is -0.0800. The zero-order valence-corrected chi connectivity index (χ0v) is 12.6. The van der Waals surface area contributed by atoms with Crippen LogP contribution in [0.1, 0.15) is 59.3 Å². The maximum Gasteiger partial charge on any atom is 0.0334 e. The largest absolute Gasteiger partial charge is 0.329 e. The molecule has 2 atom stereocenters. The van der Waals surface area contributed by atoms with Gasteiger partial charge in [0.15, 0.2) is 0 Å². The highest BCUT2D eigenvalue weighted by atomic mass is 15.2. The Balaban J connectivity index is 1.97. The highest BCUT2D eigenvalue weighted by Gasteiger charge is 2.40. The van der Waals surface area contributed by atoms with Gasteiger partial charge in [0.2, 0.25) is 0 Å². The monoisotopic (exact) mass is 252 g/mol. The smallest absolute Gasteiger partial charge is 0.0334 e. The molecule has 1 saturated carbocycles. The minimum Gasteiger partial charge on any atom is -0.329 e. The van der Waals surface area contributed by atoms with Gasteiger partial charge in [0.1, 0.15) is 0 Å². The number of piperidine rings is 1. The van der Waals surface area contributed by atoms with Crippen molar-refractivity contribution in [3.8, 4) is 0 Å². The number of nitrogens with zero attached hydrogens (tertiary/aromatic N) is 1. The van der Waals surface area contributed by atoms with E-state index in [1.807, 2.05) is 0 Å². The SMILES string of the molecule is CC1CCCC(CN)(N2CCC(C(C)C)CC2)C1. The summed E-state index contributed by atoms with van der Waals surface area (Å²) in [6.07, 6.45) is 8.21. The summed E-state index contributed by atoms with van der Waals surface area (Å²) in [4.78, 5) is 2.75. The van der Waals surface area contributed by atoms with Crippen molar-refractivity contribution < 1.29 is 0 Å². The summed E-state index contributed by atoms with van der Waals surface area (Å²) in [6.45, 7) is 10.6. The van der Waals surface area contributed by atoms with Crippen molar-refractivity contribution >= 4 is 0 Å². The van der Waals surface area contributed by atoms with E-state index in [2.05, 4.69) is 25.7 Å². The van der Waals surface area contributed by atoms with Crippen LogP contribution in [-0.4, -0.2) is 30.1 Å². The Bertz CT molecular complexity index is 256. The predicted octanol–water partition coefficient (Wildman–Crippen LogP) is 3.26. The number of nitrogens with two attached hydrogens (primary N) is 1. The van der Waals surface area contributed by atoms with Crippen LogP contribution in [0.3, 0.4) is 0 Å². The number of hydrogen-bond acceptors (Lipinski definition) is 2. The van der Waals surface area contributed by atoms with Gasteiger partial charge in [-0.25, -0.2) is 0 Å². The topological polar surface area (TPSA) is 29.3 Å². The number of rotatable bonds is 3. The summed E-state index contributed by atoms with van der Waals surface area (Å²) in [5.41, 5.74) is 6.53. The van der Waals surface area contributed by atoms with Gasteiger partial charge in [-0.05, 0) is 56.5 Å². The molecule has 2 heteroatoms. The van der Waals surface area contributed by atoms with Crippen molar-refractivity contribution in [3.63, 3.8) is 0 Å². The Kier molecular flexibility index (Phi) is 4.71. The minimum absolute atomic E-state index is 0.347. The molecule has 1 aliphatic heterocycles. The molecular weight excluding hydrogens is 220 g/mol. The molecule has 18 heavy (non-hydrogen) atoms. The predicted molar refractivity (Wildman–Crippen MR) is 78.6 cm³/mol. The summed E-state index contributed by atoms with van der Waals surface area (Å²) in [5.74, 6) is 2.66. The zero-order valence-electron chi connectivity index (χ0n) is 12.6. The van der Waals surface area contributed by atoms with E-state index in [1.165, 1.54) is 51.6 Å². The molecular formula is C16H32N2. The van der Waals surface area contributed by atoms with Crippen LogP contribution in [0.15, 0.2) is 0 Å². The van der Waals surface area contributed by atoms with Crippen molar-refractivity contribution in [1.29, 1.82) is 0 Å². The van der Waals surface area contributed by atoms with Gasteiger partial charge in [-0.1, -0.05) is 33.6 Å². The van der Waals surface area contributed by atoms with E-state index >= 15 is 0 Å². The van der Waals surface area contributed by atoms with E-state index in [1.54, 1.807) is 0 Å². The van der Waals surface area contributed by atoms with Crippen molar-refractivity contribution in [2.24, 2.45) is 23.5 Å². The van der Waals surface area contributed by atoms with Crippen molar-refractivity contribution in [2.45, 2.75) is 64.8 Å². The molecule has 0 spiro atoms. The lowest BCUT2D eigenvalue weighted by molar-refractivity contribution is 0.00718. The van der Waals surface area contributed by atoms with Crippen molar-refractivity contribution in [2.75, 3.05) is 19.6 Å². The molecule has 2 nitrogen and oxygen atoms in total. The van der Waals surface area contributed by atoms with Gasteiger partial charge in [0, 0.05) is 12.1 Å². The van der Waals surface area contributed by atoms with Gasteiger partial charge in [-0.3, -0.25) is 4.90 Å². The van der Waals surface area contributed by atoms with Crippen LogP contribution in [0, 0.1) is 17.8 Å². The molecule has 1 heterocycles. The van der Waals surface area contributed by atoms with E-state index in [0.29, 0.717) is 5.54 Å². The normalized spacial score (nSPS) is 36.2. The van der Waals surface area contributed by atoms with Crippen LogP contribution in [-0.2, 0) is 0 Å². The maximum atomic E-state index is 6.18. The Morgan fingerprint density at radius 3 is 2.39 bits per heavy atom. The first-order valence-corrected chi connectivity index (χ1v) is 8.02. The molecule has 2 fully saturated rings. The Morgan fingerprint density at radius 2 is 1.89 bits per heavy atom. The first kappa shape index (κ1) is 14.3. The van der Waals surface area contributed by atoms with E-state index in [9.17, 15) is 0 Å². The maximum absolute atomic E-state index is 6.18. The summed E-state index contributed by atoms with van der Waals surface area (Å²) >= 11 is 0. The molecule has 0 aromatic rings. The summed E-state index contributed by atoms with van der Waals surface area (Å²) in [6, 6.07) is 0. The molecule has 2 unspecified atom stereocenters. The molecule has 0 aromatic heterocycles. The minimum atomic E-state index is 0.347. The lowest BCUT2D eigenvalue weighted by Gasteiger charge is -2.50. The fraction of sp³-hybridized carbons (Fsp3) is 1.00. The molecule has 1 aliphatic carbocycles. The number of hydrogen-bond donors (Lipinski definition) is 1. The first-order valence-electron chi connectivity index (χ1n) is 8.02. The third kappa shape index (κ3) is 2.91. The number of likely N-dealkylation sites (tertiary alicyclic amines) is 1. The highest BCUT2D eigenvalue weighted by molar-refractivity contribution is 4.97. The second-order valence-electron chi connectivity index (χ2n) is 7.20. The highest BCUT2D eigenvalue weighted by Crippen LogP contribution is 2.39. The Morgan fingerprint density at radius 1 is 1.22 bits per heavy atom. The fourth-order valence-corrected chi connectivity index (χ4v) is 4.27. The van der Waals surface area contributed by atoms with Crippen molar-refractivity contribution in [3.05, 3.63) is 0 Å². The van der Waals surface area contributed by atoms with Gasteiger partial charge >= 0.3 is 0 Å². The van der Waals surface area contributed by atoms with Gasteiger partial charge in [0.25, 0.3) is 0 Å². The molecule has 106 valence electrons. The van der Waals surface area contributed by atoms with Gasteiger partial charge in [-0.2, -0.15) is 0 Å². The molecule has 0 aromatic carbocycles. The van der Waals surface area contributed by atoms with Crippen LogP contribution in [0.25, 0.3) is 0 Å². The van der Waals surface area contributed by atoms with Crippen LogP contribution >= 0.6 is 0 Å². The van der Waals surface area contributed by atoms with Gasteiger partial charge in [0.05, 0.1) is 0 Å². The van der Waals surface area contributed by atoms with Crippen LogP contribution in [0.2, 0.25) is 0 Å². The van der Waals surface area contributed by atoms with Crippen LogP contribution < -0.4 is 5.73 Å². The van der Waals surface area contributed by atoms with E-state index < -0.39 is 0 Å². The van der Waals surface area contributed by atoms with Crippen molar-refractivity contribution in [1.82, 2.24) is 4.90 Å². The van der Waals surface area contributed by atoms with Crippen LogP contribution in [0.4, 0.5) is 0 Å². The average molecular weight is 252 g/mol. The molecule has 0 bridgehead atoms. The second-order valence-corrected chi connectivity index (χ2v) is 7.20. The van der Waals surface area contributed by atoms with E-state index in [0.717, 1.165) is 24.3 Å². The molecule has 2 rings (SSSR count). The first-order chi connectivity index (χ1) is 8.57. The lowest BCUT2D eigenvalue weighted by atomic mass is 9.73. The average Bonchev–Trinajstić information content (AvgIpc) is 2.38. The summed E-state index contributed by atoms with van der Waals surface area (Å²) < 4.78 is 0. The molecule has 0 amide bonds. The molecule has 0 radical (unpaired) electrons. The van der Waals surface area contributed by atoms with E-state index in [4.69, 9.17) is 5.73 Å². The van der Waals surface area contributed by atoms with Gasteiger partial charge in [-0.15, -0.1) is 0 Å². The zero-order chi connectivity index (χ0) is 13.2. The van der Waals surface area contributed by atoms with E-state index in [-0.39, 0.29) is 0 Å². The molecule has 2 N–H and O–H groups in total. The summed E-state index contributed by atoms with van der Waals surface area (Å²) in [5, 5.41) is 0. The fourth-order valence-electron chi connectivity index (χ4n) is 4.27. The quantitative estimate of drug-likeness (QED) is 0.835. The standard InChI is InChI=1S/C16H32N2/c1-13(2)15-6-9-18(10-7-15)16(12-17)8-4-5-14(3)11-16/h13-15H,4-12,17H2,1-3H3. The summed E-state index contributed by atoms with van der Waals surface area (Å²) in [7, 11) is 0. The third-order valence-electron chi connectivity index (χ3n) is 5.60.